The Morgan fingerprint density at radius 3 is 2.46 bits per heavy atom. The molecule has 0 saturated heterocycles. The van der Waals surface area contributed by atoms with Gasteiger partial charge in [-0.15, -0.1) is 0 Å². The van der Waals surface area contributed by atoms with Gasteiger partial charge in [0.05, 0.1) is 0 Å². The zero-order valence-corrected chi connectivity index (χ0v) is 9.73. The molecule has 1 amide bonds. The van der Waals surface area contributed by atoms with Gasteiger partial charge in [0.25, 0.3) is 0 Å². The van der Waals surface area contributed by atoms with E-state index in [4.69, 9.17) is 5.73 Å². The highest BCUT2D eigenvalue weighted by molar-refractivity contribution is 7.98. The monoisotopic (exact) mass is 204 g/mol. The zero-order chi connectivity index (χ0) is 10.4. The number of hydrogen-bond donors (Lipinski definition) is 1. The number of carbonyl (C=O) groups excluding carboxylic acids is 1. The Labute approximate surface area is 85.0 Å². The van der Waals surface area contributed by atoms with Crippen LogP contribution in [0.25, 0.3) is 0 Å². The first-order valence-electron chi connectivity index (χ1n) is 4.49. The lowest BCUT2D eigenvalue weighted by molar-refractivity contribution is -0.131. The van der Waals surface area contributed by atoms with Gasteiger partial charge < -0.3 is 10.6 Å². The molecule has 0 aliphatic rings. The molecular weight excluding hydrogens is 184 g/mol. The van der Waals surface area contributed by atoms with Crippen molar-refractivity contribution in [2.45, 2.75) is 32.4 Å². The number of nitrogens with zero attached hydrogens (tertiary/aromatic N) is 1. The number of amides is 1. The number of rotatable bonds is 5. The summed E-state index contributed by atoms with van der Waals surface area (Å²) < 4.78 is 0. The molecular formula is C9H20N2OS. The molecule has 0 spiro atoms. The summed E-state index contributed by atoms with van der Waals surface area (Å²) in [7, 11) is 1.84. The molecule has 0 aliphatic carbocycles. The van der Waals surface area contributed by atoms with Crippen molar-refractivity contribution in [1.82, 2.24) is 4.90 Å². The summed E-state index contributed by atoms with van der Waals surface area (Å²) in [6, 6.07) is 0.248. The van der Waals surface area contributed by atoms with Gasteiger partial charge in [-0.2, -0.15) is 11.8 Å². The fourth-order valence-corrected chi connectivity index (χ4v) is 1.72. The van der Waals surface area contributed by atoms with Gasteiger partial charge in [0.1, 0.15) is 0 Å². The highest BCUT2D eigenvalue weighted by Gasteiger charge is 2.15. The molecule has 0 aliphatic heterocycles. The minimum atomic E-state index is -0.0450. The Bertz CT molecular complexity index is 162. The van der Waals surface area contributed by atoms with Gasteiger partial charge in [0, 0.05) is 31.3 Å². The quantitative estimate of drug-likeness (QED) is 0.725. The van der Waals surface area contributed by atoms with Crippen molar-refractivity contribution in [1.29, 1.82) is 0 Å². The van der Waals surface area contributed by atoms with Crippen LogP contribution in [0.2, 0.25) is 0 Å². The second-order valence-corrected chi connectivity index (χ2v) is 4.40. The van der Waals surface area contributed by atoms with Gasteiger partial charge in [-0.25, -0.2) is 0 Å². The van der Waals surface area contributed by atoms with E-state index in [2.05, 4.69) is 6.92 Å². The van der Waals surface area contributed by atoms with Crippen LogP contribution >= 0.6 is 11.8 Å². The van der Waals surface area contributed by atoms with Gasteiger partial charge in [0.15, 0.2) is 0 Å². The van der Waals surface area contributed by atoms with Crippen LogP contribution in [0.4, 0.5) is 0 Å². The van der Waals surface area contributed by atoms with E-state index in [1.165, 1.54) is 0 Å². The van der Waals surface area contributed by atoms with Gasteiger partial charge in [-0.3, -0.25) is 4.79 Å². The summed E-state index contributed by atoms with van der Waals surface area (Å²) in [4.78, 5) is 13.3. The minimum Gasteiger partial charge on any atom is -0.342 e. The predicted molar refractivity (Wildman–Crippen MR) is 58.9 cm³/mol. The molecule has 2 N–H and O–H groups in total. The summed E-state index contributed by atoms with van der Waals surface area (Å²) in [5, 5.41) is 0. The minimum absolute atomic E-state index is 0.0450. The lowest BCUT2D eigenvalue weighted by Gasteiger charge is -2.25. The fraction of sp³-hybridized carbons (Fsp3) is 0.889. The molecule has 0 fully saturated rings. The molecule has 0 saturated carbocycles. The van der Waals surface area contributed by atoms with E-state index in [0.29, 0.717) is 12.5 Å². The number of nitrogens with two attached hydrogens (primary N) is 1. The van der Waals surface area contributed by atoms with Gasteiger partial charge >= 0.3 is 0 Å². The molecule has 0 radical (unpaired) electrons. The average molecular weight is 204 g/mol. The van der Waals surface area contributed by atoms with Crippen LogP contribution in [0.5, 0.6) is 0 Å². The van der Waals surface area contributed by atoms with Gasteiger partial charge in [-0.05, 0) is 20.1 Å². The summed E-state index contributed by atoms with van der Waals surface area (Å²) in [6.45, 7) is 3.90. The highest BCUT2D eigenvalue weighted by Crippen LogP contribution is 2.05. The molecule has 13 heavy (non-hydrogen) atoms. The first-order valence-corrected chi connectivity index (χ1v) is 5.88. The van der Waals surface area contributed by atoms with Gasteiger partial charge in [0.2, 0.25) is 5.91 Å². The van der Waals surface area contributed by atoms with Crippen LogP contribution in [0, 0.1) is 0 Å². The number of carbonyl (C=O) groups is 1. The van der Waals surface area contributed by atoms with Crippen LogP contribution < -0.4 is 5.73 Å². The summed E-state index contributed by atoms with van der Waals surface area (Å²) in [5.74, 6) is 1.11. The van der Waals surface area contributed by atoms with E-state index in [-0.39, 0.29) is 11.9 Å². The molecule has 0 bridgehead atoms. The third-order valence-electron chi connectivity index (χ3n) is 1.96. The molecule has 0 aromatic heterocycles. The van der Waals surface area contributed by atoms with Crippen molar-refractivity contribution in [3.63, 3.8) is 0 Å². The SMILES string of the molecule is CSCC(C)N(C)C(=O)CC(C)N. The predicted octanol–water partition coefficient (Wildman–Crippen LogP) is 0.934. The standard InChI is InChI=1S/C9H20N2OS/c1-7(10)5-9(12)11(3)8(2)6-13-4/h7-8H,5-6,10H2,1-4H3. The number of hydrogen-bond acceptors (Lipinski definition) is 3. The molecule has 4 heteroatoms. The summed E-state index contributed by atoms with van der Waals surface area (Å²) >= 11 is 1.75. The molecule has 2 unspecified atom stereocenters. The van der Waals surface area contributed by atoms with Gasteiger partial charge in [-0.1, -0.05) is 0 Å². The third kappa shape index (κ3) is 5.16. The van der Waals surface area contributed by atoms with Crippen molar-refractivity contribution in [3.8, 4) is 0 Å². The van der Waals surface area contributed by atoms with Crippen LogP contribution in [-0.2, 0) is 4.79 Å². The highest BCUT2D eigenvalue weighted by atomic mass is 32.2. The second kappa shape index (κ2) is 6.27. The fourth-order valence-electron chi connectivity index (χ4n) is 1.02. The Kier molecular flexibility index (Phi) is 6.16. The van der Waals surface area contributed by atoms with E-state index in [1.54, 1.807) is 16.7 Å². The lowest BCUT2D eigenvalue weighted by atomic mass is 10.2. The normalized spacial score (nSPS) is 15.2. The Balaban J connectivity index is 3.93. The van der Waals surface area contributed by atoms with Crippen LogP contribution in [-0.4, -0.2) is 41.9 Å². The summed E-state index contributed by atoms with van der Waals surface area (Å²) in [5.41, 5.74) is 5.55. The number of thioether (sulfide) groups is 1. The molecule has 0 aromatic rings. The largest absolute Gasteiger partial charge is 0.342 e. The maximum Gasteiger partial charge on any atom is 0.224 e. The molecule has 0 aromatic carbocycles. The zero-order valence-electron chi connectivity index (χ0n) is 8.91. The lowest BCUT2D eigenvalue weighted by Crippen LogP contribution is -2.39. The van der Waals surface area contributed by atoms with E-state index < -0.39 is 0 Å². The molecule has 78 valence electrons. The van der Waals surface area contributed by atoms with E-state index in [9.17, 15) is 4.79 Å². The van der Waals surface area contributed by atoms with Crippen molar-refractivity contribution < 1.29 is 4.79 Å². The van der Waals surface area contributed by atoms with Crippen LogP contribution in [0.1, 0.15) is 20.3 Å². The van der Waals surface area contributed by atoms with E-state index in [1.807, 2.05) is 20.2 Å². The molecule has 0 heterocycles. The van der Waals surface area contributed by atoms with Crippen molar-refractivity contribution in [3.05, 3.63) is 0 Å². The second-order valence-electron chi connectivity index (χ2n) is 3.49. The van der Waals surface area contributed by atoms with E-state index in [0.717, 1.165) is 5.75 Å². The third-order valence-corrected chi connectivity index (χ3v) is 2.77. The van der Waals surface area contributed by atoms with Crippen LogP contribution in [0.15, 0.2) is 0 Å². The Morgan fingerprint density at radius 2 is 2.08 bits per heavy atom. The van der Waals surface area contributed by atoms with E-state index >= 15 is 0 Å². The van der Waals surface area contributed by atoms with Crippen molar-refractivity contribution in [2.24, 2.45) is 5.73 Å². The Hall–Kier alpha value is -0.220. The molecule has 3 nitrogen and oxygen atoms in total. The molecule has 2 atom stereocenters. The summed E-state index contributed by atoms with van der Waals surface area (Å²) in [6.07, 6.45) is 2.48. The maximum absolute atomic E-state index is 11.5. The first-order chi connectivity index (χ1) is 5.99. The maximum atomic E-state index is 11.5. The van der Waals surface area contributed by atoms with Crippen LogP contribution in [0.3, 0.4) is 0 Å². The van der Waals surface area contributed by atoms with Crippen molar-refractivity contribution >= 4 is 17.7 Å². The topological polar surface area (TPSA) is 46.3 Å². The molecule has 0 rings (SSSR count). The van der Waals surface area contributed by atoms with Crippen molar-refractivity contribution in [2.75, 3.05) is 19.1 Å². The first kappa shape index (κ1) is 12.8. The smallest absolute Gasteiger partial charge is 0.224 e. The average Bonchev–Trinajstić information content (AvgIpc) is 2.02. The Morgan fingerprint density at radius 1 is 1.54 bits per heavy atom.